The Labute approximate surface area is 181 Å². The molecule has 1 heterocycles. The number of hydrogen-bond donors (Lipinski definition) is 2. The molecule has 0 saturated carbocycles. The van der Waals surface area contributed by atoms with Crippen LogP contribution in [0, 0.1) is 0 Å². The van der Waals surface area contributed by atoms with Gasteiger partial charge in [-0.05, 0) is 63.4 Å². The van der Waals surface area contributed by atoms with Crippen LogP contribution in [0.25, 0.3) is 0 Å². The second-order valence-corrected chi connectivity index (χ2v) is 7.57. The van der Waals surface area contributed by atoms with Crippen LogP contribution in [0.2, 0.25) is 0 Å². The normalized spacial score (nSPS) is 16.0. The number of piperidine rings is 1. The Morgan fingerprint density at radius 3 is 2.47 bits per heavy atom. The Balaban J connectivity index is 1.99. The van der Waals surface area contributed by atoms with Crippen LogP contribution in [0.3, 0.4) is 0 Å². The molecule has 2 N–H and O–H groups in total. The average molecular weight is 419 g/mol. The fourth-order valence-electron chi connectivity index (χ4n) is 3.71. The van der Waals surface area contributed by atoms with Crippen molar-refractivity contribution in [2.45, 2.75) is 51.5 Å². The Kier molecular flexibility index (Phi) is 11.1. The topological polar surface area (TPSA) is 75.2 Å². The molecular weight excluding hydrogens is 380 g/mol. The number of guanidine groups is 1. The fraction of sp³-hybridized carbons (Fsp3) is 0.652. The number of rotatable bonds is 11. The molecule has 1 aromatic rings. The molecule has 0 amide bonds. The predicted octanol–water partition coefficient (Wildman–Crippen LogP) is 3.12. The van der Waals surface area contributed by atoms with E-state index in [2.05, 4.69) is 39.3 Å². The molecule has 1 aliphatic heterocycles. The zero-order chi connectivity index (χ0) is 21.6. The third kappa shape index (κ3) is 8.22. The lowest BCUT2D eigenvalue weighted by atomic mass is 10.0. The first-order chi connectivity index (χ1) is 14.7. The summed E-state index contributed by atoms with van der Waals surface area (Å²) in [5.41, 5.74) is 1.27. The van der Waals surface area contributed by atoms with Crippen molar-refractivity contribution in [3.8, 4) is 5.75 Å². The van der Waals surface area contributed by atoms with Gasteiger partial charge >= 0.3 is 5.97 Å². The van der Waals surface area contributed by atoms with Crippen molar-refractivity contribution >= 4 is 11.9 Å². The van der Waals surface area contributed by atoms with E-state index in [0.29, 0.717) is 13.0 Å². The summed E-state index contributed by atoms with van der Waals surface area (Å²) in [5.74, 6) is 1.55. The van der Waals surface area contributed by atoms with Crippen molar-refractivity contribution < 1.29 is 14.3 Å². The highest BCUT2D eigenvalue weighted by Crippen LogP contribution is 2.26. The average Bonchev–Trinajstić information content (AvgIpc) is 2.79. The molecule has 0 aliphatic carbocycles. The second kappa shape index (κ2) is 13.9. The molecule has 0 spiro atoms. The van der Waals surface area contributed by atoms with Gasteiger partial charge in [0.05, 0.1) is 26.8 Å². The summed E-state index contributed by atoms with van der Waals surface area (Å²) in [7, 11) is 3.12. The van der Waals surface area contributed by atoms with Gasteiger partial charge in [0.2, 0.25) is 0 Å². The molecule has 2 rings (SSSR count). The highest BCUT2D eigenvalue weighted by molar-refractivity contribution is 5.79. The van der Waals surface area contributed by atoms with Gasteiger partial charge in [0, 0.05) is 19.5 Å². The lowest BCUT2D eigenvalue weighted by Crippen LogP contribution is -2.40. The summed E-state index contributed by atoms with van der Waals surface area (Å²) < 4.78 is 10.0. The van der Waals surface area contributed by atoms with E-state index in [1.54, 1.807) is 7.11 Å². The van der Waals surface area contributed by atoms with Gasteiger partial charge < -0.3 is 20.1 Å². The van der Waals surface area contributed by atoms with Crippen LogP contribution in [0.1, 0.15) is 57.1 Å². The maximum atomic E-state index is 11.2. The van der Waals surface area contributed by atoms with Crippen molar-refractivity contribution in [1.29, 1.82) is 0 Å². The molecule has 1 fully saturated rings. The first-order valence-electron chi connectivity index (χ1n) is 11.1. The summed E-state index contributed by atoms with van der Waals surface area (Å²) >= 11 is 0. The van der Waals surface area contributed by atoms with E-state index in [4.69, 9.17) is 9.73 Å². The number of carbonyl (C=O) groups excluding carboxylic acids is 1. The number of likely N-dealkylation sites (tertiary alicyclic amines) is 1. The number of hydrogen-bond acceptors (Lipinski definition) is 5. The summed E-state index contributed by atoms with van der Waals surface area (Å²) in [4.78, 5) is 18.7. The Bertz CT molecular complexity index is 642. The molecular formula is C23H38N4O3. The molecule has 0 aromatic heterocycles. The lowest BCUT2D eigenvalue weighted by molar-refractivity contribution is -0.140. The molecule has 7 nitrogen and oxygen atoms in total. The summed E-state index contributed by atoms with van der Waals surface area (Å²) in [6.07, 6.45) is 5.96. The molecule has 1 saturated heterocycles. The highest BCUT2D eigenvalue weighted by atomic mass is 16.5. The van der Waals surface area contributed by atoms with Crippen molar-refractivity contribution in [3.63, 3.8) is 0 Å². The number of ether oxygens (including phenoxy) is 2. The number of methoxy groups -OCH3 is 2. The lowest BCUT2D eigenvalue weighted by Gasteiger charge is -2.34. The molecule has 7 heteroatoms. The van der Waals surface area contributed by atoms with E-state index in [0.717, 1.165) is 50.7 Å². The number of esters is 1. The number of nitrogens with zero attached hydrogens (tertiary/aromatic N) is 2. The number of unbranched alkanes of at least 4 members (excludes halogenated alkanes) is 1. The Morgan fingerprint density at radius 1 is 1.10 bits per heavy atom. The Hall–Kier alpha value is -2.28. The van der Waals surface area contributed by atoms with Crippen LogP contribution in [0.4, 0.5) is 0 Å². The minimum Gasteiger partial charge on any atom is -0.497 e. The highest BCUT2D eigenvalue weighted by Gasteiger charge is 2.22. The minimum absolute atomic E-state index is 0.153. The summed E-state index contributed by atoms with van der Waals surface area (Å²) in [6, 6.07) is 8.62. The van der Waals surface area contributed by atoms with Crippen molar-refractivity contribution in [3.05, 3.63) is 29.8 Å². The van der Waals surface area contributed by atoms with Crippen LogP contribution in [-0.4, -0.2) is 63.8 Å². The number of carbonyl (C=O) groups is 1. The van der Waals surface area contributed by atoms with Crippen LogP contribution < -0.4 is 15.4 Å². The van der Waals surface area contributed by atoms with Gasteiger partial charge in [-0.25, -0.2) is 0 Å². The maximum Gasteiger partial charge on any atom is 0.305 e. The third-order valence-corrected chi connectivity index (χ3v) is 5.43. The zero-order valence-corrected chi connectivity index (χ0v) is 18.8. The quantitative estimate of drug-likeness (QED) is 0.249. The van der Waals surface area contributed by atoms with Gasteiger partial charge in [-0.2, -0.15) is 0 Å². The van der Waals surface area contributed by atoms with Gasteiger partial charge in [0.15, 0.2) is 5.96 Å². The third-order valence-electron chi connectivity index (χ3n) is 5.43. The molecule has 30 heavy (non-hydrogen) atoms. The smallest absolute Gasteiger partial charge is 0.305 e. The van der Waals surface area contributed by atoms with Crippen molar-refractivity contribution in [2.75, 3.05) is 46.9 Å². The van der Waals surface area contributed by atoms with Gasteiger partial charge in [-0.3, -0.25) is 14.7 Å². The van der Waals surface area contributed by atoms with Crippen molar-refractivity contribution in [2.24, 2.45) is 4.99 Å². The minimum atomic E-state index is -0.153. The van der Waals surface area contributed by atoms with Crippen LogP contribution in [0.15, 0.2) is 29.3 Å². The largest absolute Gasteiger partial charge is 0.497 e. The van der Waals surface area contributed by atoms with Gasteiger partial charge in [-0.15, -0.1) is 0 Å². The van der Waals surface area contributed by atoms with Crippen LogP contribution in [0.5, 0.6) is 5.75 Å². The van der Waals surface area contributed by atoms with E-state index in [1.807, 2.05) is 12.1 Å². The van der Waals surface area contributed by atoms with Crippen LogP contribution in [-0.2, 0) is 9.53 Å². The van der Waals surface area contributed by atoms with E-state index in [1.165, 1.54) is 31.9 Å². The predicted molar refractivity (Wildman–Crippen MR) is 121 cm³/mol. The molecule has 1 aromatic carbocycles. The van der Waals surface area contributed by atoms with Gasteiger partial charge in [0.1, 0.15) is 5.75 Å². The SMILES string of the molecule is CCNC(=NCC(c1ccc(OC)cc1)N1CCCCC1)NCCCCC(=O)OC. The molecule has 168 valence electrons. The molecule has 0 bridgehead atoms. The van der Waals surface area contributed by atoms with E-state index >= 15 is 0 Å². The maximum absolute atomic E-state index is 11.2. The van der Waals surface area contributed by atoms with E-state index in [-0.39, 0.29) is 12.0 Å². The standard InChI is InChI=1S/C23H38N4O3/c1-4-24-23(25-15-7-6-10-22(28)30-3)26-18-21(27-16-8-5-9-17-27)19-11-13-20(29-2)14-12-19/h11-14,21H,4-10,15-18H2,1-3H3,(H2,24,25,26). The fourth-order valence-corrected chi connectivity index (χ4v) is 3.71. The molecule has 0 radical (unpaired) electrons. The summed E-state index contributed by atoms with van der Waals surface area (Å²) in [6.45, 7) is 6.59. The number of aliphatic imine (C=N–C) groups is 1. The number of benzene rings is 1. The summed E-state index contributed by atoms with van der Waals surface area (Å²) in [5, 5.41) is 6.72. The van der Waals surface area contributed by atoms with Crippen LogP contribution >= 0.6 is 0 Å². The zero-order valence-electron chi connectivity index (χ0n) is 18.8. The second-order valence-electron chi connectivity index (χ2n) is 7.57. The van der Waals surface area contributed by atoms with Gasteiger partial charge in [-0.1, -0.05) is 18.6 Å². The first-order valence-corrected chi connectivity index (χ1v) is 11.1. The molecule has 1 unspecified atom stereocenters. The monoisotopic (exact) mass is 418 g/mol. The van der Waals surface area contributed by atoms with E-state index in [9.17, 15) is 4.79 Å². The number of nitrogens with one attached hydrogen (secondary N) is 2. The Morgan fingerprint density at radius 2 is 1.83 bits per heavy atom. The van der Waals surface area contributed by atoms with E-state index < -0.39 is 0 Å². The van der Waals surface area contributed by atoms with Gasteiger partial charge in [0.25, 0.3) is 0 Å². The first kappa shape index (κ1) is 24.0. The van der Waals surface area contributed by atoms with Crippen molar-refractivity contribution in [1.82, 2.24) is 15.5 Å². The molecule has 1 atom stereocenters. The molecule has 1 aliphatic rings.